The summed E-state index contributed by atoms with van der Waals surface area (Å²) in [6.45, 7) is 7.36. The standard InChI is InChI=1S/C15H21NO6S/c1-5-12(17)16(23(18,19)20)13-10-7-8-21-9-11(10)15(3,4)14(13)22-6-2/h7-9,14H,5-6H2,1-4H3,(H,18,19,20). The Bertz CT molecular complexity index is 701. The van der Waals surface area contributed by atoms with Gasteiger partial charge >= 0.3 is 10.3 Å². The van der Waals surface area contributed by atoms with Gasteiger partial charge in [-0.1, -0.05) is 20.8 Å². The van der Waals surface area contributed by atoms with E-state index >= 15 is 0 Å². The van der Waals surface area contributed by atoms with Crippen LogP contribution >= 0.6 is 0 Å². The molecule has 2 rings (SSSR count). The van der Waals surface area contributed by atoms with Gasteiger partial charge in [0.05, 0.1) is 18.2 Å². The molecule has 0 radical (unpaired) electrons. The molecule has 1 N–H and O–H groups in total. The van der Waals surface area contributed by atoms with E-state index in [2.05, 4.69) is 0 Å². The van der Waals surface area contributed by atoms with Crippen molar-refractivity contribution in [3.63, 3.8) is 0 Å². The monoisotopic (exact) mass is 343 g/mol. The third-order valence-electron chi connectivity index (χ3n) is 3.98. The predicted molar refractivity (Wildman–Crippen MR) is 83.2 cm³/mol. The zero-order valence-corrected chi connectivity index (χ0v) is 14.4. The lowest BCUT2D eigenvalue weighted by molar-refractivity contribution is -0.126. The third kappa shape index (κ3) is 2.93. The van der Waals surface area contributed by atoms with Crippen molar-refractivity contribution in [3.05, 3.63) is 35.4 Å². The number of carbonyl (C=O) groups is 1. The molecule has 0 aromatic carbocycles. The number of fused-ring (bicyclic) bond motifs is 1. The minimum atomic E-state index is -4.77. The number of allylic oxidation sites excluding steroid dienone is 2. The predicted octanol–water partition coefficient (Wildman–Crippen LogP) is 2.15. The van der Waals surface area contributed by atoms with Gasteiger partial charge in [-0.05, 0) is 13.0 Å². The van der Waals surface area contributed by atoms with E-state index in [1.54, 1.807) is 13.0 Å². The van der Waals surface area contributed by atoms with Crippen LogP contribution in [0.1, 0.15) is 34.1 Å². The highest BCUT2D eigenvalue weighted by Gasteiger charge is 2.51. The SMILES string of the molecule is CCOC1C(N(C(=O)CC)S(=O)(=O)O)=C2C=COC=C2C1(C)C. The Labute approximate surface area is 136 Å². The highest BCUT2D eigenvalue weighted by molar-refractivity contribution is 7.84. The van der Waals surface area contributed by atoms with E-state index in [1.807, 2.05) is 13.8 Å². The fraction of sp³-hybridized carbons (Fsp3) is 0.533. The molecule has 7 nitrogen and oxygen atoms in total. The first-order chi connectivity index (χ1) is 10.7. The maximum Gasteiger partial charge on any atom is 0.366 e. The molecular weight excluding hydrogens is 322 g/mol. The molecule has 0 saturated carbocycles. The minimum Gasteiger partial charge on any atom is -0.472 e. The molecule has 0 spiro atoms. The summed E-state index contributed by atoms with van der Waals surface area (Å²) < 4.78 is 44.7. The Morgan fingerprint density at radius 3 is 2.61 bits per heavy atom. The minimum absolute atomic E-state index is 0.0743. The van der Waals surface area contributed by atoms with Crippen LogP contribution in [0.4, 0.5) is 0 Å². The molecular formula is C15H21NO6S. The molecule has 23 heavy (non-hydrogen) atoms. The van der Waals surface area contributed by atoms with E-state index in [0.29, 0.717) is 22.1 Å². The largest absolute Gasteiger partial charge is 0.472 e. The van der Waals surface area contributed by atoms with Gasteiger partial charge in [0.2, 0.25) is 5.91 Å². The van der Waals surface area contributed by atoms with Crippen molar-refractivity contribution in [1.82, 2.24) is 4.31 Å². The summed E-state index contributed by atoms with van der Waals surface area (Å²) in [7, 11) is -4.77. The van der Waals surface area contributed by atoms with Gasteiger partial charge in [-0.3, -0.25) is 9.35 Å². The Kier molecular flexibility index (Phi) is 4.70. The normalized spacial score (nSPS) is 22.5. The topological polar surface area (TPSA) is 93.1 Å². The fourth-order valence-corrected chi connectivity index (χ4v) is 3.74. The number of hydrogen-bond donors (Lipinski definition) is 1. The highest BCUT2D eigenvalue weighted by Crippen LogP contribution is 2.50. The van der Waals surface area contributed by atoms with Crippen LogP contribution in [0.3, 0.4) is 0 Å². The molecule has 1 unspecified atom stereocenters. The quantitative estimate of drug-likeness (QED) is 0.769. The van der Waals surface area contributed by atoms with Crippen molar-refractivity contribution in [2.24, 2.45) is 5.41 Å². The van der Waals surface area contributed by atoms with E-state index < -0.39 is 27.7 Å². The summed E-state index contributed by atoms with van der Waals surface area (Å²) in [5, 5.41) is 0. The van der Waals surface area contributed by atoms with E-state index in [9.17, 15) is 17.8 Å². The van der Waals surface area contributed by atoms with Crippen LogP contribution in [-0.4, -0.2) is 35.9 Å². The first-order valence-electron chi connectivity index (χ1n) is 7.35. The number of hydrogen-bond acceptors (Lipinski definition) is 5. The summed E-state index contributed by atoms with van der Waals surface area (Å²) in [5.41, 5.74) is 0.727. The second-order valence-electron chi connectivity index (χ2n) is 5.82. The lowest BCUT2D eigenvalue weighted by Crippen LogP contribution is -2.42. The van der Waals surface area contributed by atoms with Gasteiger partial charge in [-0.25, -0.2) is 0 Å². The Hall–Kier alpha value is -1.64. The molecule has 1 heterocycles. The average molecular weight is 343 g/mol. The van der Waals surface area contributed by atoms with Crippen molar-refractivity contribution in [2.75, 3.05) is 6.61 Å². The molecule has 1 aliphatic carbocycles. The summed E-state index contributed by atoms with van der Waals surface area (Å²) in [4.78, 5) is 12.2. The summed E-state index contributed by atoms with van der Waals surface area (Å²) >= 11 is 0. The average Bonchev–Trinajstić information content (AvgIpc) is 2.68. The molecule has 8 heteroatoms. The highest BCUT2D eigenvalue weighted by atomic mass is 32.2. The van der Waals surface area contributed by atoms with Crippen LogP contribution in [0, 0.1) is 5.41 Å². The number of ether oxygens (including phenoxy) is 2. The van der Waals surface area contributed by atoms with Gasteiger partial charge in [-0.15, -0.1) is 0 Å². The number of amides is 1. The van der Waals surface area contributed by atoms with Crippen LogP contribution < -0.4 is 0 Å². The first-order valence-corrected chi connectivity index (χ1v) is 8.75. The zero-order valence-electron chi connectivity index (χ0n) is 13.6. The molecule has 0 bridgehead atoms. The van der Waals surface area contributed by atoms with Crippen molar-refractivity contribution >= 4 is 16.2 Å². The maximum absolute atomic E-state index is 12.2. The molecule has 1 atom stereocenters. The maximum atomic E-state index is 12.2. The van der Waals surface area contributed by atoms with Gasteiger partial charge in [0, 0.05) is 29.6 Å². The Balaban J connectivity index is 2.72. The molecule has 1 amide bonds. The van der Waals surface area contributed by atoms with Gasteiger partial charge < -0.3 is 9.47 Å². The summed E-state index contributed by atoms with van der Waals surface area (Å²) in [6, 6.07) is 0. The van der Waals surface area contributed by atoms with Crippen molar-refractivity contribution in [1.29, 1.82) is 0 Å². The molecule has 0 saturated heterocycles. The summed E-state index contributed by atoms with van der Waals surface area (Å²) in [5.74, 6) is -0.725. The Morgan fingerprint density at radius 2 is 2.09 bits per heavy atom. The van der Waals surface area contributed by atoms with Gasteiger partial charge in [-0.2, -0.15) is 12.7 Å². The van der Waals surface area contributed by atoms with Crippen LogP contribution in [0.15, 0.2) is 35.4 Å². The van der Waals surface area contributed by atoms with E-state index in [4.69, 9.17) is 9.47 Å². The van der Waals surface area contributed by atoms with E-state index in [0.717, 1.165) is 0 Å². The van der Waals surface area contributed by atoms with Gasteiger partial charge in [0.1, 0.15) is 6.10 Å². The third-order valence-corrected chi connectivity index (χ3v) is 4.84. The zero-order chi connectivity index (χ0) is 17.4. The van der Waals surface area contributed by atoms with Crippen molar-refractivity contribution in [3.8, 4) is 0 Å². The van der Waals surface area contributed by atoms with E-state index in [1.165, 1.54) is 19.4 Å². The number of carbonyl (C=O) groups excluding carboxylic acids is 1. The second-order valence-corrected chi connectivity index (χ2v) is 7.08. The lowest BCUT2D eigenvalue weighted by atomic mass is 9.82. The van der Waals surface area contributed by atoms with Gasteiger partial charge in [0.25, 0.3) is 0 Å². The lowest BCUT2D eigenvalue weighted by Gasteiger charge is -2.32. The van der Waals surface area contributed by atoms with Crippen molar-refractivity contribution < 1.29 is 27.2 Å². The second kappa shape index (κ2) is 6.10. The molecule has 0 aromatic heterocycles. The number of nitrogens with zero attached hydrogens (tertiary/aromatic N) is 1. The summed E-state index contributed by atoms with van der Waals surface area (Å²) in [6.07, 6.45) is 3.69. The van der Waals surface area contributed by atoms with Crippen LogP contribution in [0.5, 0.6) is 0 Å². The van der Waals surface area contributed by atoms with Crippen LogP contribution in [0.2, 0.25) is 0 Å². The first kappa shape index (κ1) is 17.7. The van der Waals surface area contributed by atoms with Crippen LogP contribution in [-0.2, 0) is 24.6 Å². The molecule has 1 aliphatic heterocycles. The fourth-order valence-electron chi connectivity index (χ4n) is 2.92. The van der Waals surface area contributed by atoms with Gasteiger partial charge in [0.15, 0.2) is 0 Å². The molecule has 0 fully saturated rings. The Morgan fingerprint density at radius 1 is 1.43 bits per heavy atom. The number of rotatable bonds is 5. The van der Waals surface area contributed by atoms with Crippen molar-refractivity contribution in [2.45, 2.75) is 40.2 Å². The smallest absolute Gasteiger partial charge is 0.366 e. The molecule has 2 aliphatic rings. The molecule has 128 valence electrons. The molecule has 0 aromatic rings. The van der Waals surface area contributed by atoms with Crippen LogP contribution in [0.25, 0.3) is 0 Å². The van der Waals surface area contributed by atoms with E-state index in [-0.39, 0.29) is 12.1 Å².